The third-order valence-electron chi connectivity index (χ3n) is 3.24. The maximum atomic E-state index is 6.22. The Hall–Kier alpha value is -2.07. The first-order chi connectivity index (χ1) is 9.69. The van der Waals surface area contributed by atoms with Crippen molar-refractivity contribution in [1.29, 1.82) is 0 Å². The number of hydrogen-bond donors (Lipinski definition) is 0. The normalized spacial score (nSPS) is 10.9. The molecule has 3 aromatic rings. The average Bonchev–Trinajstić information content (AvgIpc) is 2.46. The highest BCUT2D eigenvalue weighted by molar-refractivity contribution is 6.30. The van der Waals surface area contributed by atoms with Gasteiger partial charge in [-0.1, -0.05) is 18.5 Å². The molecule has 0 radical (unpaired) electrons. The summed E-state index contributed by atoms with van der Waals surface area (Å²) in [5, 5.41) is 0.522. The van der Waals surface area contributed by atoms with Crippen molar-refractivity contribution in [2.24, 2.45) is 0 Å². The number of benzene rings is 1. The van der Waals surface area contributed by atoms with E-state index in [1.54, 1.807) is 12.4 Å². The summed E-state index contributed by atoms with van der Waals surface area (Å²) >= 11 is 6.22. The predicted octanol–water partition coefficient (Wildman–Crippen LogP) is 3.61. The fourth-order valence-electron chi connectivity index (χ4n) is 2.19. The molecule has 0 fully saturated rings. The van der Waals surface area contributed by atoms with E-state index in [-0.39, 0.29) is 0 Å². The van der Waals surface area contributed by atoms with Gasteiger partial charge < -0.3 is 0 Å². The summed E-state index contributed by atoms with van der Waals surface area (Å²) in [6, 6.07) is 5.78. The van der Waals surface area contributed by atoms with Gasteiger partial charge >= 0.3 is 0 Å². The molecule has 0 aliphatic carbocycles. The van der Waals surface area contributed by atoms with Crippen LogP contribution in [0.2, 0.25) is 5.15 Å². The van der Waals surface area contributed by atoms with E-state index in [0.717, 1.165) is 34.3 Å². The van der Waals surface area contributed by atoms with E-state index in [9.17, 15) is 0 Å². The number of hydrogen-bond acceptors (Lipinski definition) is 4. The molecule has 0 atom stereocenters. The molecule has 2 aromatic heterocycles. The van der Waals surface area contributed by atoms with Gasteiger partial charge in [-0.3, -0.25) is 9.97 Å². The second kappa shape index (κ2) is 5.13. The molecule has 5 heteroatoms. The molecule has 0 aliphatic rings. The number of aromatic nitrogens is 4. The molecule has 4 nitrogen and oxygen atoms in total. The van der Waals surface area contributed by atoms with Crippen LogP contribution in [0.5, 0.6) is 0 Å². The molecule has 20 heavy (non-hydrogen) atoms. The maximum Gasteiger partial charge on any atom is 0.161 e. The number of halogens is 1. The minimum atomic E-state index is 0.522. The zero-order chi connectivity index (χ0) is 14.1. The summed E-state index contributed by atoms with van der Waals surface area (Å²) < 4.78 is 0. The Morgan fingerprint density at radius 1 is 1.05 bits per heavy atom. The van der Waals surface area contributed by atoms with Crippen LogP contribution in [-0.4, -0.2) is 19.9 Å². The lowest BCUT2D eigenvalue weighted by Gasteiger charge is -2.08. The van der Waals surface area contributed by atoms with Gasteiger partial charge in [-0.2, -0.15) is 0 Å². The Balaban J connectivity index is 2.15. The lowest BCUT2D eigenvalue weighted by molar-refractivity contribution is 1.00. The summed E-state index contributed by atoms with van der Waals surface area (Å²) in [5.41, 5.74) is 4.48. The van der Waals surface area contributed by atoms with E-state index in [1.165, 1.54) is 0 Å². The number of aryl methyl sites for hydroxylation is 1. The van der Waals surface area contributed by atoms with Crippen molar-refractivity contribution in [3.05, 3.63) is 47.0 Å². The van der Waals surface area contributed by atoms with E-state index in [1.807, 2.05) is 32.0 Å². The van der Waals surface area contributed by atoms with Crippen LogP contribution in [0, 0.1) is 6.92 Å². The Morgan fingerprint density at radius 2 is 1.80 bits per heavy atom. The van der Waals surface area contributed by atoms with Crippen molar-refractivity contribution in [1.82, 2.24) is 19.9 Å². The molecule has 0 spiro atoms. The highest BCUT2D eigenvalue weighted by atomic mass is 35.5. The van der Waals surface area contributed by atoms with Gasteiger partial charge in [-0.15, -0.1) is 0 Å². The summed E-state index contributed by atoms with van der Waals surface area (Å²) in [5.74, 6) is 0.622. The molecular formula is C15H13ClN4. The lowest BCUT2D eigenvalue weighted by atomic mass is 10.1. The lowest BCUT2D eigenvalue weighted by Crippen LogP contribution is -1.99. The largest absolute Gasteiger partial charge is 0.253 e. The fourth-order valence-corrected chi connectivity index (χ4v) is 2.54. The van der Waals surface area contributed by atoms with E-state index >= 15 is 0 Å². The van der Waals surface area contributed by atoms with Crippen molar-refractivity contribution < 1.29 is 0 Å². The van der Waals surface area contributed by atoms with Crippen molar-refractivity contribution in [3.8, 4) is 11.4 Å². The van der Waals surface area contributed by atoms with E-state index < -0.39 is 0 Å². The van der Waals surface area contributed by atoms with Gasteiger partial charge in [0.05, 0.1) is 11.0 Å². The van der Waals surface area contributed by atoms with Crippen LogP contribution in [0.3, 0.4) is 0 Å². The topological polar surface area (TPSA) is 51.6 Å². The molecule has 0 saturated carbocycles. The summed E-state index contributed by atoms with van der Waals surface area (Å²) in [7, 11) is 0. The maximum absolute atomic E-state index is 6.22. The van der Waals surface area contributed by atoms with Crippen LogP contribution in [0.1, 0.15) is 18.2 Å². The molecule has 0 aliphatic heterocycles. The van der Waals surface area contributed by atoms with Crippen LogP contribution in [0.4, 0.5) is 0 Å². The molecule has 0 unspecified atom stereocenters. The molecular weight excluding hydrogens is 272 g/mol. The SMILES string of the molecule is CCc1c(C)nc(-c2ccc3nccnc3c2)nc1Cl. The van der Waals surface area contributed by atoms with Gasteiger partial charge in [-0.05, 0) is 31.5 Å². The van der Waals surface area contributed by atoms with Gasteiger partial charge in [0, 0.05) is 29.2 Å². The Labute approximate surface area is 121 Å². The molecule has 0 amide bonds. The second-order valence-corrected chi connectivity index (χ2v) is 4.87. The highest BCUT2D eigenvalue weighted by Gasteiger charge is 2.10. The van der Waals surface area contributed by atoms with Crippen molar-refractivity contribution in [2.75, 3.05) is 0 Å². The van der Waals surface area contributed by atoms with E-state index in [0.29, 0.717) is 11.0 Å². The third kappa shape index (κ3) is 2.23. The fraction of sp³-hybridized carbons (Fsp3) is 0.200. The Kier molecular flexibility index (Phi) is 3.32. The summed E-state index contributed by atoms with van der Waals surface area (Å²) in [4.78, 5) is 17.5. The molecule has 3 rings (SSSR count). The smallest absolute Gasteiger partial charge is 0.161 e. The van der Waals surface area contributed by atoms with E-state index in [4.69, 9.17) is 11.6 Å². The highest BCUT2D eigenvalue weighted by Crippen LogP contribution is 2.24. The van der Waals surface area contributed by atoms with Crippen LogP contribution < -0.4 is 0 Å². The van der Waals surface area contributed by atoms with Gasteiger partial charge in [0.2, 0.25) is 0 Å². The minimum absolute atomic E-state index is 0.522. The van der Waals surface area contributed by atoms with Crippen LogP contribution >= 0.6 is 11.6 Å². The van der Waals surface area contributed by atoms with Gasteiger partial charge in [0.1, 0.15) is 5.15 Å². The van der Waals surface area contributed by atoms with Gasteiger partial charge in [-0.25, -0.2) is 9.97 Å². The average molecular weight is 285 g/mol. The van der Waals surface area contributed by atoms with Crippen molar-refractivity contribution in [2.45, 2.75) is 20.3 Å². The molecule has 0 N–H and O–H groups in total. The summed E-state index contributed by atoms with van der Waals surface area (Å²) in [6.45, 7) is 4.00. The van der Waals surface area contributed by atoms with Crippen molar-refractivity contribution >= 4 is 22.6 Å². The molecule has 100 valence electrons. The van der Waals surface area contributed by atoms with Crippen LogP contribution in [-0.2, 0) is 6.42 Å². The zero-order valence-electron chi connectivity index (χ0n) is 11.3. The van der Waals surface area contributed by atoms with Crippen LogP contribution in [0.15, 0.2) is 30.6 Å². The first kappa shape index (κ1) is 12.9. The first-order valence-electron chi connectivity index (χ1n) is 6.43. The summed E-state index contributed by atoms with van der Waals surface area (Å²) in [6.07, 6.45) is 4.18. The van der Waals surface area contributed by atoms with Gasteiger partial charge in [0.25, 0.3) is 0 Å². The van der Waals surface area contributed by atoms with E-state index in [2.05, 4.69) is 19.9 Å². The predicted molar refractivity (Wildman–Crippen MR) is 79.7 cm³/mol. The number of rotatable bonds is 2. The Bertz CT molecular complexity index is 763. The van der Waals surface area contributed by atoms with Gasteiger partial charge in [0.15, 0.2) is 5.82 Å². The quantitative estimate of drug-likeness (QED) is 0.675. The monoisotopic (exact) mass is 284 g/mol. The minimum Gasteiger partial charge on any atom is -0.253 e. The molecule has 0 saturated heterocycles. The van der Waals surface area contributed by atoms with Crippen molar-refractivity contribution in [3.63, 3.8) is 0 Å². The molecule has 0 bridgehead atoms. The molecule has 2 heterocycles. The third-order valence-corrected chi connectivity index (χ3v) is 3.56. The first-order valence-corrected chi connectivity index (χ1v) is 6.81. The van der Waals surface area contributed by atoms with Crippen LogP contribution in [0.25, 0.3) is 22.4 Å². The number of fused-ring (bicyclic) bond motifs is 1. The zero-order valence-corrected chi connectivity index (χ0v) is 12.0. The molecule has 1 aromatic carbocycles. The number of nitrogens with zero attached hydrogens (tertiary/aromatic N) is 4. The second-order valence-electron chi connectivity index (χ2n) is 4.52. The Morgan fingerprint density at radius 3 is 2.50 bits per heavy atom. The standard InChI is InChI=1S/C15H13ClN4/c1-3-11-9(2)19-15(20-14(11)16)10-4-5-12-13(8-10)18-7-6-17-12/h4-8H,3H2,1-2H3.